The van der Waals surface area contributed by atoms with Gasteiger partial charge in [-0.05, 0) is 136 Å². The molecule has 7 N–H and O–H groups in total. The van der Waals surface area contributed by atoms with Gasteiger partial charge in [-0.2, -0.15) is 8.42 Å². The van der Waals surface area contributed by atoms with E-state index in [2.05, 4.69) is 60.7 Å². The zero-order chi connectivity index (χ0) is 52.9. The van der Waals surface area contributed by atoms with Gasteiger partial charge in [0.25, 0.3) is 11.8 Å². The standard InChI is InChI=1S/C31H50N4O10S.C17H26N2O3.CH4O/c1-20(2)15-23-18-35(34-33-23)30(5,6)12-14-42-31(7,8)11-13-32-28(38)22-9-10-26(43-29-25(37)17-24(36)19-41-29)27(16-22)45-46(39,40)44-21(3)4;1-4-5-6-15(19-22)13-7-9-14(10-8-13)16(21)18-17(2,3)11-12-20;1-2/h9-10,16,18,20-21,24-25,29,36-37H,11-15,17,19H2,1-8H3,(H,32,38);7-10,20,22H,4-6,11-12H2,1-3H3,(H,18,21);2H,1H3/b;19-15-;/t24-,25?,29+;;/m1../s1. The highest BCUT2D eigenvalue weighted by Crippen LogP contribution is 2.33. The predicted molar refractivity (Wildman–Crippen MR) is 264 cm³/mol. The Morgan fingerprint density at radius 3 is 2.16 bits per heavy atom. The Morgan fingerprint density at radius 1 is 0.929 bits per heavy atom. The molecule has 4 rings (SSSR count). The summed E-state index contributed by atoms with van der Waals surface area (Å²) in [4.78, 5) is 25.2. The van der Waals surface area contributed by atoms with Gasteiger partial charge in [0, 0.05) is 56.2 Å². The van der Waals surface area contributed by atoms with Gasteiger partial charge in [-0.25, -0.2) is 8.86 Å². The van der Waals surface area contributed by atoms with Gasteiger partial charge in [-0.1, -0.05) is 49.7 Å². The number of oxime groups is 1. The molecule has 3 atom stereocenters. The minimum atomic E-state index is -4.52. The summed E-state index contributed by atoms with van der Waals surface area (Å²) in [5.74, 6) is -0.593. The number of ether oxygens (including phenoxy) is 3. The Balaban J connectivity index is 0.000000585. The second kappa shape index (κ2) is 28.9. The number of hydrogen-bond acceptors (Lipinski definition) is 17. The predicted octanol–water partition coefficient (Wildman–Crippen LogP) is 5.67. The molecule has 0 spiro atoms. The smallest absolute Gasteiger partial charge is 0.449 e. The summed E-state index contributed by atoms with van der Waals surface area (Å²) < 4.78 is 54.0. The number of unbranched alkanes of at least 4 members (excludes halogenated alkanes) is 1. The number of carbonyl (C=O) groups excluding carboxylic acids is 2. The molecule has 0 radical (unpaired) electrons. The first-order chi connectivity index (χ1) is 32.8. The molecular weight excluding hydrogens is 929 g/mol. The molecule has 1 fully saturated rings. The third-order valence-electron chi connectivity index (χ3n) is 10.8. The van der Waals surface area contributed by atoms with Crippen LogP contribution in [0.2, 0.25) is 0 Å². The molecule has 396 valence electrons. The number of aromatic nitrogens is 3. The molecule has 0 bridgehead atoms. The normalized spacial score (nSPS) is 16.7. The van der Waals surface area contributed by atoms with Gasteiger partial charge in [-0.3, -0.25) is 9.59 Å². The second-order valence-electron chi connectivity index (χ2n) is 19.5. The van der Waals surface area contributed by atoms with E-state index < -0.39 is 52.0 Å². The molecular formula is C49H80N6O14S. The summed E-state index contributed by atoms with van der Waals surface area (Å²) in [6, 6.07) is 11.0. The Hall–Kier alpha value is -4.74. The highest BCUT2D eigenvalue weighted by Gasteiger charge is 2.33. The zero-order valence-corrected chi connectivity index (χ0v) is 43.9. The number of aliphatic hydroxyl groups is 4. The van der Waals surface area contributed by atoms with E-state index in [1.54, 1.807) is 24.3 Å². The molecule has 3 aromatic rings. The highest BCUT2D eigenvalue weighted by atomic mass is 32.3. The Bertz CT molecular complexity index is 2180. The average molecular weight is 1010 g/mol. The maximum Gasteiger partial charge on any atom is 0.449 e. The van der Waals surface area contributed by atoms with E-state index in [0.717, 1.165) is 37.6 Å². The maximum atomic E-state index is 13.0. The van der Waals surface area contributed by atoms with Gasteiger partial charge in [-0.15, -0.1) is 5.10 Å². The molecule has 20 nitrogen and oxygen atoms in total. The molecule has 1 unspecified atom stereocenters. The van der Waals surface area contributed by atoms with Crippen LogP contribution in [-0.2, 0) is 36.0 Å². The van der Waals surface area contributed by atoms with Crippen molar-refractivity contribution in [3.63, 3.8) is 0 Å². The van der Waals surface area contributed by atoms with Crippen LogP contribution in [0.25, 0.3) is 0 Å². The van der Waals surface area contributed by atoms with Crippen LogP contribution in [0, 0.1) is 5.92 Å². The van der Waals surface area contributed by atoms with E-state index in [1.165, 1.54) is 32.0 Å². The quantitative estimate of drug-likeness (QED) is 0.0306. The molecule has 0 saturated carbocycles. The molecule has 21 heteroatoms. The largest absolute Gasteiger partial charge is 0.458 e. The lowest BCUT2D eigenvalue weighted by molar-refractivity contribution is -0.199. The molecule has 0 aliphatic carbocycles. The lowest BCUT2D eigenvalue weighted by Crippen LogP contribution is -2.44. The van der Waals surface area contributed by atoms with Gasteiger partial charge in [0.05, 0.1) is 41.4 Å². The summed E-state index contributed by atoms with van der Waals surface area (Å²) in [6.07, 6.45) is 3.34. The van der Waals surface area contributed by atoms with Crippen LogP contribution in [0.4, 0.5) is 0 Å². The second-order valence-corrected chi connectivity index (χ2v) is 20.7. The summed E-state index contributed by atoms with van der Waals surface area (Å²) in [7, 11) is -3.52. The van der Waals surface area contributed by atoms with Crippen molar-refractivity contribution in [2.75, 3.05) is 33.5 Å². The summed E-state index contributed by atoms with van der Waals surface area (Å²) in [5.41, 5.74) is 1.77. The van der Waals surface area contributed by atoms with Gasteiger partial charge in [0.2, 0.25) is 6.29 Å². The van der Waals surface area contributed by atoms with Crippen LogP contribution in [0.3, 0.4) is 0 Å². The van der Waals surface area contributed by atoms with Crippen molar-refractivity contribution >= 4 is 27.9 Å². The molecule has 1 saturated heterocycles. The maximum absolute atomic E-state index is 13.0. The molecule has 1 aromatic heterocycles. The number of nitrogens with one attached hydrogen (secondary N) is 2. The first-order valence-electron chi connectivity index (χ1n) is 23.7. The lowest BCUT2D eigenvalue weighted by Gasteiger charge is -2.31. The summed E-state index contributed by atoms with van der Waals surface area (Å²) in [5, 5.41) is 62.7. The number of rotatable bonds is 25. The number of aliphatic hydroxyl groups excluding tert-OH is 4. The van der Waals surface area contributed by atoms with E-state index in [-0.39, 0.29) is 54.7 Å². The van der Waals surface area contributed by atoms with E-state index in [4.69, 9.17) is 38.0 Å². The van der Waals surface area contributed by atoms with E-state index in [0.29, 0.717) is 49.5 Å². The van der Waals surface area contributed by atoms with Crippen molar-refractivity contribution in [1.29, 1.82) is 0 Å². The van der Waals surface area contributed by atoms with Crippen molar-refractivity contribution in [3.8, 4) is 11.5 Å². The number of nitrogens with zero attached hydrogens (tertiary/aromatic N) is 4. The topological polar surface area (TPSA) is 283 Å². The number of carbonyl (C=O) groups is 2. The zero-order valence-electron chi connectivity index (χ0n) is 43.1. The summed E-state index contributed by atoms with van der Waals surface area (Å²) in [6.45, 7) is 21.9. The average Bonchev–Trinajstić information content (AvgIpc) is 3.74. The molecule has 2 heterocycles. The molecule has 70 heavy (non-hydrogen) atoms. The van der Waals surface area contributed by atoms with E-state index in [9.17, 15) is 28.2 Å². The van der Waals surface area contributed by atoms with Crippen LogP contribution >= 0.6 is 0 Å². The van der Waals surface area contributed by atoms with Crippen LogP contribution in [0.15, 0.2) is 53.8 Å². The number of hydrogen-bond donors (Lipinski definition) is 7. The highest BCUT2D eigenvalue weighted by molar-refractivity contribution is 7.82. The molecule has 2 aromatic carbocycles. The fourth-order valence-electron chi connectivity index (χ4n) is 6.77. The van der Waals surface area contributed by atoms with Crippen LogP contribution in [0.5, 0.6) is 11.5 Å². The Labute approximate surface area is 414 Å². The van der Waals surface area contributed by atoms with Gasteiger partial charge < -0.3 is 54.7 Å². The van der Waals surface area contributed by atoms with Crippen molar-refractivity contribution in [1.82, 2.24) is 25.6 Å². The van der Waals surface area contributed by atoms with Crippen LogP contribution in [0.1, 0.15) is 153 Å². The van der Waals surface area contributed by atoms with E-state index >= 15 is 0 Å². The number of benzene rings is 2. The van der Waals surface area contributed by atoms with Gasteiger partial charge in [0.1, 0.15) is 6.10 Å². The fourth-order valence-corrected chi connectivity index (χ4v) is 7.63. The first kappa shape index (κ1) is 61.4. The SMILES string of the molecule is CC(C)Cc1cn(C(C)(C)CCOC(C)(C)CCNC(=O)c2ccc(O[C@@H]3OC[C@H](O)CC3O)c(OS(=O)(=O)OC(C)C)c2)nn1.CCCC/C(=N/O)c1ccc(C(=O)NC(C)(C)CCO)cc1.CO. The van der Waals surface area contributed by atoms with Crippen molar-refractivity contribution in [3.05, 3.63) is 71.0 Å². The van der Waals surface area contributed by atoms with Gasteiger partial charge >= 0.3 is 10.4 Å². The monoisotopic (exact) mass is 1010 g/mol. The molecule has 1 aliphatic rings. The Morgan fingerprint density at radius 2 is 1.57 bits per heavy atom. The third kappa shape index (κ3) is 21.7. The van der Waals surface area contributed by atoms with Crippen molar-refractivity contribution in [2.24, 2.45) is 11.1 Å². The van der Waals surface area contributed by atoms with Crippen molar-refractivity contribution < 1.29 is 66.2 Å². The van der Waals surface area contributed by atoms with Crippen LogP contribution in [-0.4, -0.2) is 136 Å². The molecule has 2 amide bonds. The van der Waals surface area contributed by atoms with Crippen LogP contribution < -0.4 is 19.6 Å². The summed E-state index contributed by atoms with van der Waals surface area (Å²) >= 11 is 0. The minimum absolute atomic E-state index is 0.00896. The third-order valence-corrected chi connectivity index (χ3v) is 11.8. The first-order valence-corrected chi connectivity index (χ1v) is 25.1. The van der Waals surface area contributed by atoms with Gasteiger partial charge in [0.15, 0.2) is 11.5 Å². The lowest BCUT2D eigenvalue weighted by atomic mass is 9.99. The molecule has 1 aliphatic heterocycles. The Kier molecular flexibility index (Phi) is 25.4. The van der Waals surface area contributed by atoms with E-state index in [1.807, 2.05) is 38.6 Å². The fraction of sp³-hybridized carbons (Fsp3) is 0.653. The minimum Gasteiger partial charge on any atom is -0.458 e. The number of amides is 2. The van der Waals surface area contributed by atoms with Crippen molar-refractivity contribution in [2.45, 2.75) is 169 Å².